The fourth-order valence-corrected chi connectivity index (χ4v) is 2.42. The molecule has 0 saturated heterocycles. The zero-order valence-corrected chi connectivity index (χ0v) is 10.9. The maximum Gasteiger partial charge on any atom is 0.354 e. The van der Waals surface area contributed by atoms with E-state index in [2.05, 4.69) is 25.6 Å². The van der Waals surface area contributed by atoms with Gasteiger partial charge in [-0.05, 0) is 12.8 Å². The van der Waals surface area contributed by atoms with Gasteiger partial charge in [0, 0.05) is 25.6 Å². The number of nitrogens with one attached hydrogen (secondary N) is 1. The lowest BCUT2D eigenvalue weighted by molar-refractivity contribution is 0.0690. The molecule has 0 bridgehead atoms. The molecular formula is C12H14N6O2. The van der Waals surface area contributed by atoms with Crippen LogP contribution in [-0.2, 0) is 19.9 Å². The highest BCUT2D eigenvalue weighted by atomic mass is 16.4. The molecule has 20 heavy (non-hydrogen) atoms. The Hall–Kier alpha value is -2.51. The summed E-state index contributed by atoms with van der Waals surface area (Å²) in [6, 6.07) is 1.62. The number of aromatic carboxylic acids is 1. The van der Waals surface area contributed by atoms with Gasteiger partial charge in [-0.15, -0.1) is 5.10 Å². The van der Waals surface area contributed by atoms with Crippen molar-refractivity contribution >= 4 is 11.8 Å². The molecule has 0 fully saturated rings. The number of nitrogens with zero attached hydrogens (tertiary/aromatic N) is 5. The maximum atomic E-state index is 10.9. The van der Waals surface area contributed by atoms with E-state index < -0.39 is 5.97 Å². The number of anilines is 1. The average Bonchev–Trinajstić information content (AvgIpc) is 2.80. The van der Waals surface area contributed by atoms with Gasteiger partial charge in [-0.2, -0.15) is 0 Å². The molecule has 0 aliphatic heterocycles. The summed E-state index contributed by atoms with van der Waals surface area (Å²) in [4.78, 5) is 18.6. The van der Waals surface area contributed by atoms with Crippen molar-refractivity contribution in [2.24, 2.45) is 7.05 Å². The molecular weight excluding hydrogens is 260 g/mol. The van der Waals surface area contributed by atoms with Gasteiger partial charge in [-0.25, -0.2) is 14.8 Å². The number of fused-ring (bicyclic) bond motifs is 1. The quantitative estimate of drug-likeness (QED) is 0.827. The highest BCUT2D eigenvalue weighted by Crippen LogP contribution is 2.21. The summed E-state index contributed by atoms with van der Waals surface area (Å²) >= 11 is 0. The van der Waals surface area contributed by atoms with E-state index in [-0.39, 0.29) is 11.7 Å². The molecule has 0 saturated carbocycles. The molecule has 3 rings (SSSR count). The summed E-state index contributed by atoms with van der Waals surface area (Å²) in [6.07, 6.45) is 3.84. The van der Waals surface area contributed by atoms with Crippen LogP contribution in [0.5, 0.6) is 0 Å². The fraction of sp³-hybridized carbons (Fsp3) is 0.417. The van der Waals surface area contributed by atoms with Gasteiger partial charge in [-0.3, -0.25) is 4.68 Å². The first-order valence-corrected chi connectivity index (χ1v) is 6.33. The molecule has 0 radical (unpaired) electrons. The Morgan fingerprint density at radius 3 is 3.15 bits per heavy atom. The number of rotatable bonds is 3. The lowest BCUT2D eigenvalue weighted by Crippen LogP contribution is -2.28. The van der Waals surface area contributed by atoms with Crippen LogP contribution in [-0.4, -0.2) is 42.1 Å². The molecule has 8 heteroatoms. The first-order chi connectivity index (χ1) is 9.63. The lowest BCUT2D eigenvalue weighted by Gasteiger charge is -2.22. The normalized spacial score (nSPS) is 17.6. The van der Waals surface area contributed by atoms with E-state index in [9.17, 15) is 4.79 Å². The van der Waals surface area contributed by atoms with E-state index in [1.54, 1.807) is 4.68 Å². The van der Waals surface area contributed by atoms with Crippen molar-refractivity contribution < 1.29 is 9.90 Å². The maximum absolute atomic E-state index is 10.9. The summed E-state index contributed by atoms with van der Waals surface area (Å²) < 4.78 is 1.80. The lowest BCUT2D eigenvalue weighted by atomic mass is 9.96. The predicted octanol–water partition coefficient (Wildman–Crippen LogP) is 0.273. The number of aryl methyl sites for hydroxylation is 1. The van der Waals surface area contributed by atoms with Crippen LogP contribution in [0.4, 0.5) is 5.82 Å². The molecule has 2 aromatic rings. The molecule has 0 amide bonds. The molecule has 1 aliphatic carbocycles. The second-order valence-corrected chi connectivity index (χ2v) is 4.78. The van der Waals surface area contributed by atoms with Crippen molar-refractivity contribution in [1.82, 2.24) is 25.0 Å². The van der Waals surface area contributed by atoms with Crippen molar-refractivity contribution in [2.45, 2.75) is 25.3 Å². The van der Waals surface area contributed by atoms with E-state index in [4.69, 9.17) is 5.11 Å². The summed E-state index contributed by atoms with van der Waals surface area (Å²) in [6.45, 7) is 0. The Labute approximate surface area is 114 Å². The molecule has 2 heterocycles. The molecule has 1 atom stereocenters. The van der Waals surface area contributed by atoms with E-state index in [1.165, 1.54) is 12.4 Å². The zero-order valence-electron chi connectivity index (χ0n) is 10.9. The summed E-state index contributed by atoms with van der Waals surface area (Å²) in [5.74, 6) is -0.537. The van der Waals surface area contributed by atoms with Crippen LogP contribution in [0, 0.1) is 0 Å². The molecule has 8 nitrogen and oxygen atoms in total. The number of aromatic nitrogens is 5. The fourth-order valence-electron chi connectivity index (χ4n) is 2.42. The van der Waals surface area contributed by atoms with Crippen molar-refractivity contribution in [3.63, 3.8) is 0 Å². The number of carboxylic acids is 1. The average molecular weight is 274 g/mol. The van der Waals surface area contributed by atoms with Crippen LogP contribution in [0.1, 0.15) is 28.3 Å². The van der Waals surface area contributed by atoms with Gasteiger partial charge in [0.15, 0.2) is 5.69 Å². The van der Waals surface area contributed by atoms with Crippen molar-refractivity contribution in [3.05, 3.63) is 29.5 Å². The van der Waals surface area contributed by atoms with Crippen molar-refractivity contribution in [3.8, 4) is 0 Å². The van der Waals surface area contributed by atoms with Crippen LogP contribution in [0.3, 0.4) is 0 Å². The molecule has 2 aromatic heterocycles. The standard InChI is InChI=1S/C12H14N6O2/c1-18-10-3-2-7(4-8(10)16-17-18)15-11-5-9(12(19)20)13-6-14-11/h5-7H,2-4H2,1H3,(H,19,20)(H,13,14,15). The Morgan fingerprint density at radius 1 is 1.50 bits per heavy atom. The van der Waals surface area contributed by atoms with E-state index in [0.29, 0.717) is 5.82 Å². The zero-order chi connectivity index (χ0) is 14.1. The minimum atomic E-state index is -1.06. The third-order valence-electron chi connectivity index (χ3n) is 3.43. The molecule has 0 spiro atoms. The summed E-state index contributed by atoms with van der Waals surface area (Å²) in [7, 11) is 1.89. The largest absolute Gasteiger partial charge is 0.477 e. The predicted molar refractivity (Wildman–Crippen MR) is 69.4 cm³/mol. The molecule has 1 unspecified atom stereocenters. The molecule has 1 aliphatic rings. The topological polar surface area (TPSA) is 106 Å². The third kappa shape index (κ3) is 2.31. The molecule has 2 N–H and O–H groups in total. The van der Waals surface area contributed by atoms with Gasteiger partial charge in [-0.1, -0.05) is 5.21 Å². The van der Waals surface area contributed by atoms with Gasteiger partial charge in [0.2, 0.25) is 0 Å². The van der Waals surface area contributed by atoms with Gasteiger partial charge in [0.25, 0.3) is 0 Å². The van der Waals surface area contributed by atoms with Crippen molar-refractivity contribution in [2.75, 3.05) is 5.32 Å². The first kappa shape index (κ1) is 12.5. The number of hydrogen-bond acceptors (Lipinski definition) is 6. The van der Waals surface area contributed by atoms with Crippen LogP contribution >= 0.6 is 0 Å². The van der Waals surface area contributed by atoms with Crippen LogP contribution in [0.2, 0.25) is 0 Å². The van der Waals surface area contributed by atoms with E-state index >= 15 is 0 Å². The van der Waals surface area contributed by atoms with Crippen LogP contribution in [0.25, 0.3) is 0 Å². The van der Waals surface area contributed by atoms with Crippen LogP contribution < -0.4 is 5.32 Å². The van der Waals surface area contributed by atoms with E-state index in [0.717, 1.165) is 30.7 Å². The number of carbonyl (C=O) groups is 1. The SMILES string of the molecule is Cn1nnc2c1CCC(Nc1cc(C(=O)O)ncn1)C2. The Kier molecular flexibility index (Phi) is 3.05. The highest BCUT2D eigenvalue weighted by Gasteiger charge is 2.23. The highest BCUT2D eigenvalue weighted by molar-refractivity contribution is 5.86. The second-order valence-electron chi connectivity index (χ2n) is 4.78. The number of hydrogen-bond donors (Lipinski definition) is 2. The minimum Gasteiger partial charge on any atom is -0.477 e. The van der Waals surface area contributed by atoms with Gasteiger partial charge < -0.3 is 10.4 Å². The van der Waals surface area contributed by atoms with E-state index in [1.807, 2.05) is 7.05 Å². The van der Waals surface area contributed by atoms with Crippen LogP contribution in [0.15, 0.2) is 12.4 Å². The second kappa shape index (κ2) is 4.87. The third-order valence-corrected chi connectivity index (χ3v) is 3.43. The van der Waals surface area contributed by atoms with Gasteiger partial charge in [0.1, 0.15) is 12.1 Å². The number of carboxylic acid groups (broad SMARTS) is 1. The first-order valence-electron chi connectivity index (χ1n) is 6.33. The van der Waals surface area contributed by atoms with Gasteiger partial charge >= 0.3 is 5.97 Å². The summed E-state index contributed by atoms with van der Waals surface area (Å²) in [5.41, 5.74) is 2.14. The Bertz CT molecular complexity index is 653. The Morgan fingerprint density at radius 2 is 2.35 bits per heavy atom. The Balaban J connectivity index is 1.73. The molecule has 104 valence electrons. The summed E-state index contributed by atoms with van der Waals surface area (Å²) in [5, 5.41) is 20.3. The smallest absolute Gasteiger partial charge is 0.354 e. The van der Waals surface area contributed by atoms with Gasteiger partial charge in [0.05, 0.1) is 11.4 Å². The monoisotopic (exact) mass is 274 g/mol. The van der Waals surface area contributed by atoms with Crippen molar-refractivity contribution in [1.29, 1.82) is 0 Å². The minimum absolute atomic E-state index is 0.0153. The molecule has 0 aromatic carbocycles.